The minimum absolute atomic E-state index is 0.228. The largest absolute Gasteiger partial charge is 0.365 e. The van der Waals surface area contributed by atoms with Gasteiger partial charge in [-0.1, -0.05) is 18.2 Å². The lowest BCUT2D eigenvalue weighted by atomic mass is 10.2. The van der Waals surface area contributed by atoms with Crippen LogP contribution in [0.5, 0.6) is 0 Å². The standard InChI is InChI=1S/C12H13FN4S/c1-14-12(18)15-11-6-7-17(16-11)8-9-4-2-3-5-10(9)13/h2-7H,8H2,1H3,(H2,14,15,16,18). The van der Waals surface area contributed by atoms with Crippen molar-refractivity contribution in [2.24, 2.45) is 0 Å². The molecule has 1 heterocycles. The fraction of sp³-hybridized carbons (Fsp3) is 0.167. The topological polar surface area (TPSA) is 41.9 Å². The highest BCUT2D eigenvalue weighted by molar-refractivity contribution is 7.80. The summed E-state index contributed by atoms with van der Waals surface area (Å²) in [6.07, 6.45) is 1.77. The van der Waals surface area contributed by atoms with Gasteiger partial charge in [-0.05, 0) is 18.3 Å². The Morgan fingerprint density at radius 2 is 2.17 bits per heavy atom. The smallest absolute Gasteiger partial charge is 0.171 e. The van der Waals surface area contributed by atoms with Gasteiger partial charge >= 0.3 is 0 Å². The summed E-state index contributed by atoms with van der Waals surface area (Å²) < 4.78 is 15.1. The van der Waals surface area contributed by atoms with Gasteiger partial charge in [0, 0.05) is 24.9 Å². The van der Waals surface area contributed by atoms with Crippen LogP contribution < -0.4 is 10.6 Å². The molecule has 94 valence electrons. The predicted octanol–water partition coefficient (Wildman–Crippen LogP) is 1.99. The maximum absolute atomic E-state index is 13.5. The molecule has 6 heteroatoms. The Labute approximate surface area is 110 Å². The Kier molecular flexibility index (Phi) is 3.88. The maximum atomic E-state index is 13.5. The zero-order valence-electron chi connectivity index (χ0n) is 9.85. The van der Waals surface area contributed by atoms with E-state index in [4.69, 9.17) is 12.2 Å². The number of hydrogen-bond acceptors (Lipinski definition) is 2. The molecule has 0 aliphatic heterocycles. The van der Waals surface area contributed by atoms with Gasteiger partial charge in [-0.25, -0.2) is 4.39 Å². The van der Waals surface area contributed by atoms with Crippen LogP contribution >= 0.6 is 12.2 Å². The molecule has 2 rings (SSSR count). The van der Waals surface area contributed by atoms with Gasteiger partial charge in [0.2, 0.25) is 0 Å². The van der Waals surface area contributed by atoms with Crippen LogP contribution in [0.15, 0.2) is 36.5 Å². The molecule has 0 saturated heterocycles. The Balaban J connectivity index is 2.07. The number of nitrogens with zero attached hydrogens (tertiary/aromatic N) is 2. The molecule has 4 nitrogen and oxygen atoms in total. The molecule has 0 spiro atoms. The van der Waals surface area contributed by atoms with Gasteiger partial charge in [0.25, 0.3) is 0 Å². The van der Waals surface area contributed by atoms with Crippen LogP contribution in [0, 0.1) is 5.82 Å². The van der Waals surface area contributed by atoms with Crippen molar-refractivity contribution in [2.45, 2.75) is 6.54 Å². The lowest BCUT2D eigenvalue weighted by Crippen LogP contribution is -2.24. The molecule has 0 aliphatic carbocycles. The number of thiocarbonyl (C=S) groups is 1. The van der Waals surface area contributed by atoms with E-state index in [-0.39, 0.29) is 5.82 Å². The van der Waals surface area contributed by atoms with Crippen LogP contribution in [0.25, 0.3) is 0 Å². The molecule has 0 aliphatic rings. The van der Waals surface area contributed by atoms with Crippen molar-refractivity contribution in [1.29, 1.82) is 0 Å². The molecular weight excluding hydrogens is 251 g/mol. The molecule has 1 aromatic heterocycles. The SMILES string of the molecule is CNC(=S)Nc1ccn(Cc2ccccc2F)n1. The average Bonchev–Trinajstić information content (AvgIpc) is 2.79. The van der Waals surface area contributed by atoms with Crippen LogP contribution in [-0.4, -0.2) is 21.9 Å². The number of benzene rings is 1. The number of nitrogens with one attached hydrogen (secondary N) is 2. The summed E-state index contributed by atoms with van der Waals surface area (Å²) in [5, 5.41) is 10.4. The van der Waals surface area contributed by atoms with Crippen LogP contribution in [0.2, 0.25) is 0 Å². The van der Waals surface area contributed by atoms with Crippen molar-refractivity contribution in [3.05, 3.63) is 47.9 Å². The van der Waals surface area contributed by atoms with Crippen LogP contribution in [0.4, 0.5) is 10.2 Å². The lowest BCUT2D eigenvalue weighted by Gasteiger charge is -2.04. The second kappa shape index (κ2) is 5.59. The third-order valence-corrected chi connectivity index (χ3v) is 2.71. The van der Waals surface area contributed by atoms with E-state index in [1.807, 2.05) is 0 Å². The van der Waals surface area contributed by atoms with E-state index in [0.29, 0.717) is 23.0 Å². The van der Waals surface area contributed by atoms with Gasteiger partial charge < -0.3 is 10.6 Å². The molecule has 1 aromatic carbocycles. The van der Waals surface area contributed by atoms with Gasteiger partial charge in [0.05, 0.1) is 6.54 Å². The van der Waals surface area contributed by atoms with E-state index in [2.05, 4.69) is 15.7 Å². The van der Waals surface area contributed by atoms with Crippen molar-refractivity contribution in [3.8, 4) is 0 Å². The summed E-state index contributed by atoms with van der Waals surface area (Å²) in [7, 11) is 1.73. The highest BCUT2D eigenvalue weighted by Gasteiger charge is 2.04. The molecule has 0 fully saturated rings. The number of halogens is 1. The van der Waals surface area contributed by atoms with E-state index in [1.165, 1.54) is 6.07 Å². The highest BCUT2D eigenvalue weighted by atomic mass is 32.1. The van der Waals surface area contributed by atoms with E-state index in [1.54, 1.807) is 42.2 Å². The minimum atomic E-state index is -0.228. The summed E-state index contributed by atoms with van der Waals surface area (Å²) in [6.45, 7) is 0.390. The van der Waals surface area contributed by atoms with Crippen LogP contribution in [-0.2, 0) is 6.54 Å². The molecule has 18 heavy (non-hydrogen) atoms. The molecule has 0 atom stereocenters. The average molecular weight is 264 g/mol. The maximum Gasteiger partial charge on any atom is 0.171 e. The summed E-state index contributed by atoms with van der Waals surface area (Å²) >= 11 is 4.97. The first-order chi connectivity index (χ1) is 8.69. The van der Waals surface area contributed by atoms with Gasteiger partial charge in [-0.15, -0.1) is 0 Å². The van der Waals surface area contributed by atoms with Gasteiger partial charge in [0.1, 0.15) is 5.82 Å². The molecular formula is C12H13FN4S. The summed E-state index contributed by atoms with van der Waals surface area (Å²) in [4.78, 5) is 0. The quantitative estimate of drug-likeness (QED) is 0.832. The first-order valence-electron chi connectivity index (χ1n) is 5.44. The zero-order chi connectivity index (χ0) is 13.0. The molecule has 2 aromatic rings. The van der Waals surface area contributed by atoms with E-state index < -0.39 is 0 Å². The molecule has 0 saturated carbocycles. The Hall–Kier alpha value is -1.95. The van der Waals surface area contributed by atoms with E-state index in [0.717, 1.165) is 0 Å². The summed E-state index contributed by atoms with van der Waals surface area (Å²) in [6, 6.07) is 8.43. The number of anilines is 1. The van der Waals surface area contributed by atoms with E-state index in [9.17, 15) is 4.39 Å². The van der Waals surface area contributed by atoms with Crippen molar-refractivity contribution < 1.29 is 4.39 Å². The third-order valence-electron chi connectivity index (χ3n) is 2.40. The van der Waals surface area contributed by atoms with Crippen molar-refractivity contribution in [2.75, 3.05) is 12.4 Å². The normalized spacial score (nSPS) is 10.1. The van der Waals surface area contributed by atoms with Crippen LogP contribution in [0.1, 0.15) is 5.56 Å². The van der Waals surface area contributed by atoms with Gasteiger partial charge in [0.15, 0.2) is 10.9 Å². The minimum Gasteiger partial charge on any atom is -0.365 e. The van der Waals surface area contributed by atoms with Crippen molar-refractivity contribution in [1.82, 2.24) is 15.1 Å². The number of hydrogen-bond donors (Lipinski definition) is 2. The predicted molar refractivity (Wildman–Crippen MR) is 73.0 cm³/mol. The molecule has 0 bridgehead atoms. The Morgan fingerprint density at radius 1 is 1.39 bits per heavy atom. The van der Waals surface area contributed by atoms with Gasteiger partial charge in [-0.2, -0.15) is 5.10 Å². The van der Waals surface area contributed by atoms with Crippen molar-refractivity contribution in [3.63, 3.8) is 0 Å². The molecule has 2 N–H and O–H groups in total. The van der Waals surface area contributed by atoms with Gasteiger partial charge in [-0.3, -0.25) is 4.68 Å². The first kappa shape index (κ1) is 12.5. The summed E-state index contributed by atoms with van der Waals surface area (Å²) in [5.74, 6) is 0.402. The second-order valence-electron chi connectivity index (χ2n) is 3.69. The highest BCUT2D eigenvalue weighted by Crippen LogP contribution is 2.09. The Morgan fingerprint density at radius 3 is 2.89 bits per heavy atom. The first-order valence-corrected chi connectivity index (χ1v) is 5.85. The number of aromatic nitrogens is 2. The Bertz CT molecular complexity index is 553. The molecule has 0 radical (unpaired) electrons. The second-order valence-corrected chi connectivity index (χ2v) is 4.10. The fourth-order valence-electron chi connectivity index (χ4n) is 1.50. The van der Waals surface area contributed by atoms with Crippen LogP contribution in [0.3, 0.4) is 0 Å². The number of rotatable bonds is 3. The lowest BCUT2D eigenvalue weighted by molar-refractivity contribution is 0.586. The zero-order valence-corrected chi connectivity index (χ0v) is 10.7. The third kappa shape index (κ3) is 3.04. The molecule has 0 amide bonds. The summed E-state index contributed by atoms with van der Waals surface area (Å²) in [5.41, 5.74) is 0.600. The fourth-order valence-corrected chi connectivity index (χ4v) is 1.60. The monoisotopic (exact) mass is 264 g/mol. The van der Waals surface area contributed by atoms with Crippen molar-refractivity contribution >= 4 is 23.1 Å². The van der Waals surface area contributed by atoms with E-state index >= 15 is 0 Å². The molecule has 0 unspecified atom stereocenters.